The maximum atomic E-state index is 6.07. The highest BCUT2D eigenvalue weighted by atomic mass is 16.5. The zero-order valence-corrected chi connectivity index (χ0v) is 9.70. The third-order valence-corrected chi connectivity index (χ3v) is 2.51. The fraction of sp³-hybridized carbons (Fsp3) is 0.538. The normalized spacial score (nSPS) is 12.7. The van der Waals surface area contributed by atoms with Crippen LogP contribution in [0.1, 0.15) is 36.9 Å². The summed E-state index contributed by atoms with van der Waals surface area (Å²) < 4.78 is 5.28. The molecular formula is C13H21NO. The van der Waals surface area contributed by atoms with E-state index in [9.17, 15) is 0 Å². The highest BCUT2D eigenvalue weighted by molar-refractivity contribution is 5.23. The topological polar surface area (TPSA) is 35.2 Å². The third-order valence-electron chi connectivity index (χ3n) is 2.51. The molecule has 1 rings (SSSR count). The molecule has 0 heterocycles. The van der Waals surface area contributed by atoms with Gasteiger partial charge in [0, 0.05) is 19.3 Å². The van der Waals surface area contributed by atoms with Gasteiger partial charge < -0.3 is 10.5 Å². The lowest BCUT2D eigenvalue weighted by atomic mass is 10.0. The lowest BCUT2D eigenvalue weighted by molar-refractivity contribution is 0.142. The second-order valence-electron chi connectivity index (χ2n) is 3.86. The van der Waals surface area contributed by atoms with Gasteiger partial charge in [-0.3, -0.25) is 0 Å². The Balaban J connectivity index is 2.33. The van der Waals surface area contributed by atoms with E-state index in [1.165, 1.54) is 11.1 Å². The quantitative estimate of drug-likeness (QED) is 0.728. The Morgan fingerprint density at radius 1 is 1.27 bits per heavy atom. The van der Waals surface area contributed by atoms with Crippen molar-refractivity contribution in [1.29, 1.82) is 0 Å². The van der Waals surface area contributed by atoms with E-state index in [1.54, 1.807) is 0 Å². The minimum absolute atomic E-state index is 0.144. The first kappa shape index (κ1) is 12.2. The molecule has 2 N–H and O–H groups in total. The molecule has 0 aliphatic rings. The summed E-state index contributed by atoms with van der Waals surface area (Å²) in [5.41, 5.74) is 8.57. The molecule has 0 amide bonds. The molecule has 2 nitrogen and oxygen atoms in total. The zero-order valence-electron chi connectivity index (χ0n) is 9.70. The molecule has 1 atom stereocenters. The van der Waals surface area contributed by atoms with Gasteiger partial charge in [0.25, 0.3) is 0 Å². The summed E-state index contributed by atoms with van der Waals surface area (Å²) in [5, 5.41) is 0. The average Bonchev–Trinajstić information content (AvgIpc) is 2.25. The van der Waals surface area contributed by atoms with Crippen molar-refractivity contribution >= 4 is 0 Å². The Kier molecular flexibility index (Phi) is 5.37. The molecule has 15 heavy (non-hydrogen) atoms. The van der Waals surface area contributed by atoms with Crippen molar-refractivity contribution in [3.8, 4) is 0 Å². The van der Waals surface area contributed by atoms with E-state index in [2.05, 4.69) is 31.2 Å². The van der Waals surface area contributed by atoms with Crippen LogP contribution in [0.4, 0.5) is 0 Å². The van der Waals surface area contributed by atoms with Gasteiger partial charge in [-0.2, -0.15) is 0 Å². The number of hydrogen-bond acceptors (Lipinski definition) is 2. The summed E-state index contributed by atoms with van der Waals surface area (Å²) in [6.45, 7) is 5.71. The van der Waals surface area contributed by atoms with E-state index < -0.39 is 0 Å². The molecule has 0 aromatic heterocycles. The first-order valence-corrected chi connectivity index (χ1v) is 5.64. The van der Waals surface area contributed by atoms with E-state index in [0.29, 0.717) is 0 Å². The number of benzene rings is 1. The predicted octanol–water partition coefficient (Wildman–Crippen LogP) is 2.81. The van der Waals surface area contributed by atoms with Crippen LogP contribution in [0.15, 0.2) is 24.3 Å². The first-order chi connectivity index (χ1) is 7.24. The Morgan fingerprint density at radius 3 is 2.53 bits per heavy atom. The largest absolute Gasteiger partial charge is 0.382 e. The standard InChI is InChI=1S/C13H21NO/c1-3-15-10-4-5-13(14)12-8-6-11(2)7-9-12/h6-9,13H,3-5,10,14H2,1-2H3. The summed E-state index contributed by atoms with van der Waals surface area (Å²) >= 11 is 0. The van der Waals surface area contributed by atoms with Crippen molar-refractivity contribution in [2.45, 2.75) is 32.7 Å². The molecule has 0 spiro atoms. The molecule has 2 heteroatoms. The molecule has 1 unspecified atom stereocenters. The molecule has 0 saturated heterocycles. The minimum Gasteiger partial charge on any atom is -0.382 e. The molecule has 84 valence electrons. The highest BCUT2D eigenvalue weighted by Crippen LogP contribution is 2.16. The Morgan fingerprint density at radius 2 is 1.93 bits per heavy atom. The second-order valence-corrected chi connectivity index (χ2v) is 3.86. The van der Waals surface area contributed by atoms with Crippen LogP contribution in [0.5, 0.6) is 0 Å². The fourth-order valence-electron chi connectivity index (χ4n) is 1.53. The van der Waals surface area contributed by atoms with Crippen LogP contribution in [-0.2, 0) is 4.74 Å². The molecule has 1 aromatic rings. The summed E-state index contributed by atoms with van der Waals surface area (Å²) in [5.74, 6) is 0. The van der Waals surface area contributed by atoms with Gasteiger partial charge in [0.1, 0.15) is 0 Å². The summed E-state index contributed by atoms with van der Waals surface area (Å²) in [7, 11) is 0. The van der Waals surface area contributed by atoms with Gasteiger partial charge in [-0.05, 0) is 32.3 Å². The molecule has 0 saturated carbocycles. The summed E-state index contributed by atoms with van der Waals surface area (Å²) in [4.78, 5) is 0. The maximum Gasteiger partial charge on any atom is 0.0466 e. The summed E-state index contributed by atoms with van der Waals surface area (Å²) in [6, 6.07) is 8.59. The van der Waals surface area contributed by atoms with Crippen molar-refractivity contribution in [3.63, 3.8) is 0 Å². The van der Waals surface area contributed by atoms with Crippen LogP contribution in [-0.4, -0.2) is 13.2 Å². The Hall–Kier alpha value is -0.860. The smallest absolute Gasteiger partial charge is 0.0466 e. The molecule has 0 radical (unpaired) electrons. The fourth-order valence-corrected chi connectivity index (χ4v) is 1.53. The van der Waals surface area contributed by atoms with Crippen LogP contribution >= 0.6 is 0 Å². The van der Waals surface area contributed by atoms with Gasteiger partial charge in [0.2, 0.25) is 0 Å². The van der Waals surface area contributed by atoms with E-state index in [-0.39, 0.29) is 6.04 Å². The number of ether oxygens (including phenoxy) is 1. The van der Waals surface area contributed by atoms with Crippen molar-refractivity contribution < 1.29 is 4.74 Å². The van der Waals surface area contributed by atoms with Gasteiger partial charge in [-0.1, -0.05) is 29.8 Å². The van der Waals surface area contributed by atoms with Crippen LogP contribution in [0.3, 0.4) is 0 Å². The van der Waals surface area contributed by atoms with E-state index >= 15 is 0 Å². The van der Waals surface area contributed by atoms with Crippen LogP contribution in [0.25, 0.3) is 0 Å². The van der Waals surface area contributed by atoms with Crippen molar-refractivity contribution in [3.05, 3.63) is 35.4 Å². The molecule has 0 fully saturated rings. The van der Waals surface area contributed by atoms with E-state index in [4.69, 9.17) is 10.5 Å². The van der Waals surface area contributed by atoms with Gasteiger partial charge in [-0.15, -0.1) is 0 Å². The predicted molar refractivity (Wildman–Crippen MR) is 63.8 cm³/mol. The van der Waals surface area contributed by atoms with Crippen molar-refractivity contribution in [1.82, 2.24) is 0 Å². The molecule has 0 aliphatic heterocycles. The van der Waals surface area contributed by atoms with Crippen molar-refractivity contribution in [2.75, 3.05) is 13.2 Å². The Bertz CT molecular complexity index is 268. The first-order valence-electron chi connectivity index (χ1n) is 5.64. The monoisotopic (exact) mass is 207 g/mol. The second kappa shape index (κ2) is 6.59. The number of rotatable bonds is 6. The SMILES string of the molecule is CCOCCCC(N)c1ccc(C)cc1. The molecule has 0 aliphatic carbocycles. The van der Waals surface area contributed by atoms with Gasteiger partial charge >= 0.3 is 0 Å². The van der Waals surface area contributed by atoms with Crippen LogP contribution < -0.4 is 5.73 Å². The minimum atomic E-state index is 0.144. The van der Waals surface area contributed by atoms with Gasteiger partial charge in [-0.25, -0.2) is 0 Å². The average molecular weight is 207 g/mol. The highest BCUT2D eigenvalue weighted by Gasteiger charge is 2.04. The number of aryl methyl sites for hydroxylation is 1. The number of hydrogen-bond donors (Lipinski definition) is 1. The van der Waals surface area contributed by atoms with E-state index in [1.807, 2.05) is 6.92 Å². The van der Waals surface area contributed by atoms with Gasteiger partial charge in [0.05, 0.1) is 0 Å². The zero-order chi connectivity index (χ0) is 11.1. The van der Waals surface area contributed by atoms with Crippen LogP contribution in [0, 0.1) is 6.92 Å². The van der Waals surface area contributed by atoms with Crippen molar-refractivity contribution in [2.24, 2.45) is 5.73 Å². The van der Waals surface area contributed by atoms with E-state index in [0.717, 1.165) is 26.1 Å². The third kappa shape index (κ3) is 4.45. The lowest BCUT2D eigenvalue weighted by Crippen LogP contribution is -2.11. The van der Waals surface area contributed by atoms with Crippen LogP contribution in [0.2, 0.25) is 0 Å². The molecular weight excluding hydrogens is 186 g/mol. The summed E-state index contributed by atoms with van der Waals surface area (Å²) in [6.07, 6.45) is 2.02. The van der Waals surface area contributed by atoms with Gasteiger partial charge in [0.15, 0.2) is 0 Å². The maximum absolute atomic E-state index is 6.07. The molecule has 0 bridgehead atoms. The Labute approximate surface area is 92.4 Å². The lowest BCUT2D eigenvalue weighted by Gasteiger charge is -2.12. The molecule has 1 aromatic carbocycles. The number of nitrogens with two attached hydrogens (primary N) is 1.